The van der Waals surface area contributed by atoms with E-state index in [0.29, 0.717) is 11.7 Å². The summed E-state index contributed by atoms with van der Waals surface area (Å²) >= 11 is 0. The van der Waals surface area contributed by atoms with Crippen LogP contribution in [0.4, 0.5) is 10.1 Å². The van der Waals surface area contributed by atoms with Crippen molar-refractivity contribution in [1.82, 2.24) is 5.32 Å². The Morgan fingerprint density at radius 2 is 2.29 bits per heavy atom. The van der Waals surface area contributed by atoms with Crippen LogP contribution in [-0.2, 0) is 0 Å². The molecule has 1 fully saturated rings. The summed E-state index contributed by atoms with van der Waals surface area (Å²) in [5.74, 6) is -0.173. The van der Waals surface area contributed by atoms with E-state index in [1.54, 1.807) is 12.3 Å². The van der Waals surface area contributed by atoms with Gasteiger partial charge in [-0.25, -0.2) is 4.39 Å². The van der Waals surface area contributed by atoms with Gasteiger partial charge in [-0.15, -0.1) is 0 Å². The second kappa shape index (κ2) is 4.04. The minimum absolute atomic E-state index is 0.173. The largest absolute Gasteiger partial charge is 0.464 e. The fraction of sp³-hybridized carbons (Fsp3) is 0.385. The second-order valence-electron chi connectivity index (χ2n) is 4.53. The van der Waals surface area contributed by atoms with Gasteiger partial charge in [0.05, 0.1) is 12.0 Å². The molecule has 1 aliphatic heterocycles. The van der Waals surface area contributed by atoms with Crippen LogP contribution in [0.15, 0.2) is 28.9 Å². The Morgan fingerprint density at radius 3 is 3.12 bits per heavy atom. The number of nitrogens with one attached hydrogen (secondary N) is 1. The Kier molecular flexibility index (Phi) is 2.52. The normalized spacial score (nSPS) is 21.1. The molecule has 2 aromatic rings. The predicted octanol–water partition coefficient (Wildman–Crippen LogP) is 2.37. The molecule has 0 saturated carbocycles. The third-order valence-electron chi connectivity index (χ3n) is 3.24. The minimum atomic E-state index is -0.173. The van der Waals surface area contributed by atoms with Gasteiger partial charge in [-0.2, -0.15) is 0 Å². The Morgan fingerprint density at radius 1 is 1.41 bits per heavy atom. The number of furan rings is 1. The summed E-state index contributed by atoms with van der Waals surface area (Å²) in [4.78, 5) is 2.09. The Bertz CT molecular complexity index is 537. The molecular weight excluding hydrogens is 219 g/mol. The molecule has 1 saturated heterocycles. The highest BCUT2D eigenvalue weighted by Crippen LogP contribution is 2.31. The molecular formula is C13H15FN2O. The zero-order valence-corrected chi connectivity index (χ0v) is 9.74. The lowest BCUT2D eigenvalue weighted by atomic mass is 10.1. The van der Waals surface area contributed by atoms with Gasteiger partial charge in [0.1, 0.15) is 11.4 Å². The van der Waals surface area contributed by atoms with E-state index in [9.17, 15) is 4.39 Å². The van der Waals surface area contributed by atoms with Gasteiger partial charge in [-0.05, 0) is 25.1 Å². The lowest BCUT2D eigenvalue weighted by Crippen LogP contribution is -2.49. The van der Waals surface area contributed by atoms with Crippen molar-refractivity contribution >= 4 is 16.7 Å². The number of piperazine rings is 1. The summed E-state index contributed by atoms with van der Waals surface area (Å²) in [5.41, 5.74) is 1.41. The molecule has 1 unspecified atom stereocenters. The van der Waals surface area contributed by atoms with Crippen LogP contribution >= 0.6 is 0 Å². The molecule has 17 heavy (non-hydrogen) atoms. The van der Waals surface area contributed by atoms with Crippen LogP contribution in [0.5, 0.6) is 0 Å². The van der Waals surface area contributed by atoms with Gasteiger partial charge in [0.25, 0.3) is 0 Å². The Hall–Kier alpha value is -1.55. The van der Waals surface area contributed by atoms with Crippen LogP contribution in [0, 0.1) is 5.82 Å². The van der Waals surface area contributed by atoms with E-state index in [0.717, 1.165) is 30.6 Å². The highest BCUT2D eigenvalue weighted by Gasteiger charge is 2.21. The predicted molar refractivity (Wildman–Crippen MR) is 65.8 cm³/mol. The number of hydrogen-bond acceptors (Lipinski definition) is 3. The van der Waals surface area contributed by atoms with Gasteiger partial charge in [0.15, 0.2) is 0 Å². The van der Waals surface area contributed by atoms with Crippen LogP contribution < -0.4 is 10.2 Å². The van der Waals surface area contributed by atoms with Crippen LogP contribution in [0.2, 0.25) is 0 Å². The van der Waals surface area contributed by atoms with Crippen LogP contribution in [-0.4, -0.2) is 25.7 Å². The number of hydrogen-bond donors (Lipinski definition) is 1. The highest BCUT2D eigenvalue weighted by molar-refractivity contribution is 5.91. The third-order valence-corrected chi connectivity index (χ3v) is 3.24. The molecule has 0 bridgehead atoms. The molecule has 0 radical (unpaired) electrons. The fourth-order valence-corrected chi connectivity index (χ4v) is 2.46. The van der Waals surface area contributed by atoms with E-state index < -0.39 is 0 Å². The van der Waals surface area contributed by atoms with Crippen molar-refractivity contribution in [3.63, 3.8) is 0 Å². The van der Waals surface area contributed by atoms with E-state index in [4.69, 9.17) is 4.42 Å². The highest BCUT2D eigenvalue weighted by atomic mass is 19.1. The molecule has 3 rings (SSSR count). The van der Waals surface area contributed by atoms with Crippen LogP contribution in [0.1, 0.15) is 6.92 Å². The third kappa shape index (κ3) is 1.78. The SMILES string of the molecule is CC1CN(c2c(F)ccc3occc23)CCN1. The molecule has 3 nitrogen and oxygen atoms in total. The first-order valence-corrected chi connectivity index (χ1v) is 5.90. The number of benzene rings is 1. The maximum absolute atomic E-state index is 14.0. The topological polar surface area (TPSA) is 28.4 Å². The number of rotatable bonds is 1. The summed E-state index contributed by atoms with van der Waals surface area (Å²) in [6.07, 6.45) is 1.61. The minimum Gasteiger partial charge on any atom is -0.464 e. The number of fused-ring (bicyclic) bond motifs is 1. The van der Waals surface area contributed by atoms with Crippen molar-refractivity contribution in [2.75, 3.05) is 24.5 Å². The number of nitrogens with zero attached hydrogens (tertiary/aromatic N) is 1. The summed E-state index contributed by atoms with van der Waals surface area (Å²) in [5, 5.41) is 4.22. The molecule has 1 aliphatic rings. The van der Waals surface area contributed by atoms with Gasteiger partial charge in [0.2, 0.25) is 0 Å². The summed E-state index contributed by atoms with van der Waals surface area (Å²) in [6, 6.07) is 5.37. The smallest absolute Gasteiger partial charge is 0.147 e. The number of anilines is 1. The lowest BCUT2D eigenvalue weighted by Gasteiger charge is -2.34. The van der Waals surface area contributed by atoms with E-state index in [-0.39, 0.29) is 5.82 Å². The van der Waals surface area contributed by atoms with Crippen molar-refractivity contribution in [3.05, 3.63) is 30.3 Å². The van der Waals surface area contributed by atoms with Crippen molar-refractivity contribution in [2.45, 2.75) is 13.0 Å². The van der Waals surface area contributed by atoms with Gasteiger partial charge in [-0.3, -0.25) is 0 Å². The standard InChI is InChI=1S/C13H15FN2O/c1-9-8-16(6-5-15-9)13-10-4-7-17-12(10)3-2-11(13)14/h2-4,7,9,15H,5-6,8H2,1H3. The molecule has 0 spiro atoms. The molecule has 1 N–H and O–H groups in total. The average molecular weight is 234 g/mol. The maximum Gasteiger partial charge on any atom is 0.147 e. The van der Waals surface area contributed by atoms with Crippen molar-refractivity contribution < 1.29 is 8.81 Å². The molecule has 1 atom stereocenters. The molecule has 90 valence electrons. The molecule has 2 heterocycles. The number of halogens is 1. The van der Waals surface area contributed by atoms with Crippen molar-refractivity contribution in [3.8, 4) is 0 Å². The van der Waals surface area contributed by atoms with Crippen molar-refractivity contribution in [2.24, 2.45) is 0 Å². The zero-order valence-electron chi connectivity index (χ0n) is 9.74. The first-order valence-electron chi connectivity index (χ1n) is 5.90. The average Bonchev–Trinajstić information content (AvgIpc) is 2.76. The van der Waals surface area contributed by atoms with Gasteiger partial charge >= 0.3 is 0 Å². The summed E-state index contributed by atoms with van der Waals surface area (Å²) < 4.78 is 19.3. The second-order valence-corrected chi connectivity index (χ2v) is 4.53. The van der Waals surface area contributed by atoms with E-state index in [2.05, 4.69) is 17.1 Å². The zero-order chi connectivity index (χ0) is 11.8. The summed E-state index contributed by atoms with van der Waals surface area (Å²) in [6.45, 7) is 4.64. The van der Waals surface area contributed by atoms with Crippen LogP contribution in [0.25, 0.3) is 11.0 Å². The van der Waals surface area contributed by atoms with E-state index in [1.165, 1.54) is 6.07 Å². The van der Waals surface area contributed by atoms with Crippen LogP contribution in [0.3, 0.4) is 0 Å². The van der Waals surface area contributed by atoms with Gasteiger partial charge in [0, 0.05) is 31.1 Å². The van der Waals surface area contributed by atoms with Crippen molar-refractivity contribution in [1.29, 1.82) is 0 Å². The summed E-state index contributed by atoms with van der Waals surface area (Å²) in [7, 11) is 0. The molecule has 0 aliphatic carbocycles. The van der Waals surface area contributed by atoms with Gasteiger partial charge < -0.3 is 14.6 Å². The lowest BCUT2D eigenvalue weighted by molar-refractivity contribution is 0.479. The fourth-order valence-electron chi connectivity index (χ4n) is 2.46. The Balaban J connectivity index is 2.08. The molecule has 4 heteroatoms. The quantitative estimate of drug-likeness (QED) is 0.821. The van der Waals surface area contributed by atoms with E-state index in [1.807, 2.05) is 6.07 Å². The maximum atomic E-state index is 14.0. The molecule has 1 aromatic carbocycles. The monoisotopic (exact) mass is 234 g/mol. The Labute approximate surface area is 99.2 Å². The molecule has 1 aromatic heterocycles. The van der Waals surface area contributed by atoms with E-state index >= 15 is 0 Å². The van der Waals surface area contributed by atoms with Gasteiger partial charge in [-0.1, -0.05) is 0 Å². The first-order chi connectivity index (χ1) is 8.25. The molecule has 0 amide bonds. The first kappa shape index (κ1) is 10.6.